The largest absolute Gasteiger partial charge is 0.266 e. The van der Waals surface area contributed by atoms with Crippen LogP contribution >= 0.6 is 0 Å². The second-order valence-electron chi connectivity index (χ2n) is 8.80. The van der Waals surface area contributed by atoms with E-state index in [4.69, 9.17) is 0 Å². The second kappa shape index (κ2) is 14.5. The third-order valence-electron chi connectivity index (χ3n) is 6.45. The van der Waals surface area contributed by atoms with Crippen LogP contribution in [-0.2, 0) is 0 Å². The van der Waals surface area contributed by atoms with Gasteiger partial charge >= 0.3 is 0 Å². The molecule has 2 heteroatoms. The fraction of sp³-hybridized carbons (Fsp3) is 0.958. The van der Waals surface area contributed by atoms with Crippen molar-refractivity contribution in [2.75, 3.05) is 26.2 Å². The smallest absolute Gasteiger partial charge is 0.246 e. The molecule has 0 aromatic heterocycles. The predicted molar refractivity (Wildman–Crippen MR) is 115 cm³/mol. The number of nitrogens with zero attached hydrogens (tertiary/aromatic N) is 2. The highest BCUT2D eigenvalue weighted by atomic mass is 15.3. The SMILES string of the molecule is CCCCCCCCCCCCCN1CCC[N+]2=C1CCCCCCC2. The highest BCUT2D eigenvalue weighted by Gasteiger charge is 2.26. The van der Waals surface area contributed by atoms with Crippen LogP contribution in [0.1, 0.15) is 122 Å². The van der Waals surface area contributed by atoms with E-state index in [1.165, 1.54) is 142 Å². The van der Waals surface area contributed by atoms with E-state index in [2.05, 4.69) is 16.4 Å². The summed E-state index contributed by atoms with van der Waals surface area (Å²) in [6.45, 7) is 7.60. The summed E-state index contributed by atoms with van der Waals surface area (Å²) < 4.78 is 2.74. The van der Waals surface area contributed by atoms with Gasteiger partial charge in [0.1, 0.15) is 0 Å². The molecule has 2 rings (SSSR count). The summed E-state index contributed by atoms with van der Waals surface area (Å²) in [5, 5.41) is 0. The van der Waals surface area contributed by atoms with E-state index in [0.717, 1.165) is 0 Å². The Morgan fingerprint density at radius 3 is 1.96 bits per heavy atom. The molecule has 2 aliphatic rings. The Bertz CT molecular complexity index is 374. The molecule has 0 bridgehead atoms. The molecule has 0 radical (unpaired) electrons. The zero-order chi connectivity index (χ0) is 18.3. The molecule has 0 aliphatic carbocycles. The van der Waals surface area contributed by atoms with Crippen LogP contribution in [0.4, 0.5) is 0 Å². The third kappa shape index (κ3) is 8.91. The molecule has 2 aliphatic heterocycles. The molecule has 0 aromatic rings. The van der Waals surface area contributed by atoms with Crippen molar-refractivity contribution in [2.45, 2.75) is 122 Å². The Hall–Kier alpha value is -0.530. The van der Waals surface area contributed by atoms with E-state index in [1.807, 2.05) is 0 Å². The van der Waals surface area contributed by atoms with E-state index in [0.29, 0.717) is 0 Å². The Morgan fingerprint density at radius 1 is 0.654 bits per heavy atom. The molecular formula is C24H47N2+. The lowest BCUT2D eigenvalue weighted by atomic mass is 10.1. The lowest BCUT2D eigenvalue weighted by molar-refractivity contribution is -0.540. The number of unbranched alkanes of at least 4 members (excludes halogenated alkanes) is 10. The van der Waals surface area contributed by atoms with Gasteiger partial charge in [-0.2, -0.15) is 0 Å². The van der Waals surface area contributed by atoms with Crippen LogP contribution in [0.15, 0.2) is 0 Å². The lowest BCUT2D eigenvalue weighted by Gasteiger charge is -2.27. The normalized spacial score (nSPS) is 19.0. The van der Waals surface area contributed by atoms with Gasteiger partial charge in [-0.3, -0.25) is 9.48 Å². The first-order valence-corrected chi connectivity index (χ1v) is 12.3. The van der Waals surface area contributed by atoms with E-state index < -0.39 is 0 Å². The summed E-state index contributed by atoms with van der Waals surface area (Å²) in [5.74, 6) is 1.71. The average Bonchev–Trinajstić information content (AvgIpc) is 2.78. The molecule has 0 atom stereocenters. The second-order valence-corrected chi connectivity index (χ2v) is 8.80. The van der Waals surface area contributed by atoms with Gasteiger partial charge in [0.05, 0.1) is 26.2 Å². The van der Waals surface area contributed by atoms with Crippen molar-refractivity contribution in [3.63, 3.8) is 0 Å². The van der Waals surface area contributed by atoms with Crippen molar-refractivity contribution in [1.82, 2.24) is 4.90 Å². The van der Waals surface area contributed by atoms with Crippen molar-refractivity contribution < 1.29 is 4.58 Å². The molecule has 0 N–H and O–H groups in total. The zero-order valence-electron chi connectivity index (χ0n) is 18.0. The first-order chi connectivity index (χ1) is 12.9. The highest BCUT2D eigenvalue weighted by molar-refractivity contribution is 5.77. The van der Waals surface area contributed by atoms with Gasteiger partial charge in [0.15, 0.2) is 0 Å². The third-order valence-corrected chi connectivity index (χ3v) is 6.45. The molecule has 0 spiro atoms. The number of rotatable bonds is 12. The van der Waals surface area contributed by atoms with E-state index in [9.17, 15) is 0 Å². The van der Waals surface area contributed by atoms with E-state index in [1.54, 1.807) is 5.84 Å². The van der Waals surface area contributed by atoms with Crippen LogP contribution in [0.3, 0.4) is 0 Å². The van der Waals surface area contributed by atoms with Gasteiger partial charge in [-0.15, -0.1) is 0 Å². The number of amidine groups is 1. The molecule has 0 aromatic carbocycles. The van der Waals surface area contributed by atoms with Gasteiger partial charge in [-0.1, -0.05) is 77.6 Å². The van der Waals surface area contributed by atoms with Crippen LogP contribution in [0, 0.1) is 0 Å². The van der Waals surface area contributed by atoms with Crippen LogP contribution in [0.5, 0.6) is 0 Å². The maximum atomic E-state index is 2.77. The van der Waals surface area contributed by atoms with Gasteiger partial charge in [0.2, 0.25) is 5.84 Å². The fourth-order valence-corrected chi connectivity index (χ4v) is 4.79. The molecular weight excluding hydrogens is 316 g/mol. The maximum absolute atomic E-state index is 2.77. The van der Waals surface area contributed by atoms with Crippen molar-refractivity contribution in [2.24, 2.45) is 0 Å². The summed E-state index contributed by atoms with van der Waals surface area (Å²) in [6.07, 6.45) is 25.8. The van der Waals surface area contributed by atoms with Gasteiger partial charge in [0.25, 0.3) is 0 Å². The molecule has 2 heterocycles. The molecule has 0 unspecified atom stereocenters. The summed E-state index contributed by atoms with van der Waals surface area (Å²) >= 11 is 0. The number of hydrogen-bond donors (Lipinski definition) is 0. The van der Waals surface area contributed by atoms with Gasteiger partial charge in [-0.25, -0.2) is 0 Å². The Kier molecular flexibility index (Phi) is 12.2. The van der Waals surface area contributed by atoms with Crippen molar-refractivity contribution in [3.8, 4) is 0 Å². The highest BCUT2D eigenvalue weighted by Crippen LogP contribution is 2.17. The zero-order valence-corrected chi connectivity index (χ0v) is 18.0. The molecule has 0 fully saturated rings. The number of hydrogen-bond acceptors (Lipinski definition) is 1. The van der Waals surface area contributed by atoms with Crippen molar-refractivity contribution in [1.29, 1.82) is 0 Å². The van der Waals surface area contributed by atoms with E-state index >= 15 is 0 Å². The average molecular weight is 364 g/mol. The Balaban J connectivity index is 1.54. The van der Waals surface area contributed by atoms with Crippen LogP contribution in [0.2, 0.25) is 0 Å². The van der Waals surface area contributed by atoms with Crippen molar-refractivity contribution >= 4 is 5.84 Å². The summed E-state index contributed by atoms with van der Waals surface area (Å²) in [7, 11) is 0. The minimum absolute atomic E-state index is 1.32. The topological polar surface area (TPSA) is 6.25 Å². The summed E-state index contributed by atoms with van der Waals surface area (Å²) in [4.78, 5) is 2.77. The first kappa shape index (κ1) is 21.8. The quantitative estimate of drug-likeness (QED) is 0.274. The van der Waals surface area contributed by atoms with Crippen molar-refractivity contribution in [3.05, 3.63) is 0 Å². The predicted octanol–water partition coefficient (Wildman–Crippen LogP) is 6.77. The Morgan fingerprint density at radius 2 is 1.23 bits per heavy atom. The van der Waals surface area contributed by atoms with Gasteiger partial charge in [0, 0.05) is 12.8 Å². The first-order valence-electron chi connectivity index (χ1n) is 12.3. The standard InChI is InChI=1S/C24H47N2/c1-2-3-4-5-6-7-8-9-10-13-16-20-25-22-18-23-26-21-17-14-11-12-15-19-24(25)26/h2-23H2,1H3/q+1. The summed E-state index contributed by atoms with van der Waals surface area (Å²) in [5.41, 5.74) is 0. The lowest BCUT2D eigenvalue weighted by Crippen LogP contribution is -2.44. The van der Waals surface area contributed by atoms with Crippen LogP contribution < -0.4 is 0 Å². The molecule has 152 valence electrons. The Labute approximate surface area is 164 Å². The van der Waals surface area contributed by atoms with Gasteiger partial charge in [-0.05, 0) is 32.1 Å². The molecule has 0 amide bonds. The maximum Gasteiger partial charge on any atom is 0.246 e. The van der Waals surface area contributed by atoms with Gasteiger partial charge < -0.3 is 0 Å². The monoisotopic (exact) mass is 363 g/mol. The van der Waals surface area contributed by atoms with Crippen LogP contribution in [-0.4, -0.2) is 41.5 Å². The minimum Gasteiger partial charge on any atom is -0.266 e. The molecule has 0 saturated heterocycles. The summed E-state index contributed by atoms with van der Waals surface area (Å²) in [6, 6.07) is 0. The molecule has 2 nitrogen and oxygen atoms in total. The fourth-order valence-electron chi connectivity index (χ4n) is 4.79. The van der Waals surface area contributed by atoms with Crippen LogP contribution in [0.25, 0.3) is 0 Å². The molecule has 26 heavy (non-hydrogen) atoms. The molecule has 0 saturated carbocycles. The van der Waals surface area contributed by atoms with E-state index in [-0.39, 0.29) is 0 Å². The minimum atomic E-state index is 1.32.